The highest BCUT2D eigenvalue weighted by Gasteiger charge is 2.31. The smallest absolute Gasteiger partial charge is 0.340 e. The number of hydrogen-bond donors (Lipinski definition) is 1. The van der Waals surface area contributed by atoms with Crippen molar-refractivity contribution < 1.29 is 23.9 Å². The molecule has 0 aromatic heterocycles. The SMILES string of the molecule is CCOC(=O)C(NC(=O)CC(Cl)CCC=C(C)C)C(=O)OCC. The Morgan fingerprint density at radius 2 is 1.61 bits per heavy atom. The molecule has 0 fully saturated rings. The molecule has 0 aliphatic heterocycles. The minimum absolute atomic E-state index is 0.00741. The van der Waals surface area contributed by atoms with Crippen LogP contribution >= 0.6 is 11.6 Å². The molecular weight excluding hydrogens is 322 g/mol. The summed E-state index contributed by atoms with van der Waals surface area (Å²) in [6.07, 6.45) is 3.44. The van der Waals surface area contributed by atoms with Gasteiger partial charge < -0.3 is 14.8 Å². The molecule has 7 heteroatoms. The topological polar surface area (TPSA) is 81.7 Å². The van der Waals surface area contributed by atoms with Crippen molar-refractivity contribution in [2.75, 3.05) is 13.2 Å². The van der Waals surface area contributed by atoms with Gasteiger partial charge in [0, 0.05) is 11.8 Å². The van der Waals surface area contributed by atoms with Crippen molar-refractivity contribution in [1.29, 1.82) is 0 Å². The fourth-order valence-corrected chi connectivity index (χ4v) is 2.01. The van der Waals surface area contributed by atoms with Crippen LogP contribution < -0.4 is 5.32 Å². The van der Waals surface area contributed by atoms with E-state index in [1.165, 1.54) is 5.57 Å². The minimum atomic E-state index is -1.45. The molecular formula is C16H26ClNO5. The molecule has 0 aliphatic carbocycles. The molecule has 0 heterocycles. The fraction of sp³-hybridized carbons (Fsp3) is 0.688. The number of hydrogen-bond acceptors (Lipinski definition) is 5. The summed E-state index contributed by atoms with van der Waals surface area (Å²) < 4.78 is 9.55. The number of nitrogens with one attached hydrogen (secondary N) is 1. The van der Waals surface area contributed by atoms with E-state index in [1.54, 1.807) is 13.8 Å². The summed E-state index contributed by atoms with van der Waals surface area (Å²) in [6.45, 7) is 7.40. The van der Waals surface area contributed by atoms with Gasteiger partial charge in [0.15, 0.2) is 0 Å². The van der Waals surface area contributed by atoms with Crippen LogP contribution in [0, 0.1) is 0 Å². The van der Waals surface area contributed by atoms with Gasteiger partial charge in [0.2, 0.25) is 11.9 Å². The first-order valence-electron chi connectivity index (χ1n) is 7.71. The van der Waals surface area contributed by atoms with Crippen LogP contribution in [0.25, 0.3) is 0 Å². The Hall–Kier alpha value is -1.56. The van der Waals surface area contributed by atoms with Crippen LogP contribution in [0.1, 0.15) is 47.0 Å². The summed E-state index contributed by atoms with van der Waals surface area (Å²) >= 11 is 6.10. The molecule has 1 amide bonds. The molecule has 1 N–H and O–H groups in total. The number of amides is 1. The molecule has 0 aliphatic rings. The Morgan fingerprint density at radius 1 is 1.09 bits per heavy atom. The van der Waals surface area contributed by atoms with Gasteiger partial charge in [0.1, 0.15) is 0 Å². The Morgan fingerprint density at radius 3 is 2.04 bits per heavy atom. The second-order valence-corrected chi connectivity index (χ2v) is 5.78. The third-order valence-electron chi connectivity index (χ3n) is 2.79. The third-order valence-corrected chi connectivity index (χ3v) is 3.16. The Kier molecular flexibility index (Phi) is 11.1. The van der Waals surface area contributed by atoms with Crippen molar-refractivity contribution in [2.24, 2.45) is 0 Å². The molecule has 23 heavy (non-hydrogen) atoms. The van der Waals surface area contributed by atoms with Gasteiger partial charge in [-0.3, -0.25) is 4.79 Å². The predicted octanol–water partition coefficient (Wildman–Crippen LogP) is 2.34. The summed E-state index contributed by atoms with van der Waals surface area (Å²) in [6, 6.07) is -1.45. The van der Waals surface area contributed by atoms with Gasteiger partial charge in [-0.1, -0.05) is 11.6 Å². The standard InChI is InChI=1S/C16H26ClNO5/c1-5-22-15(20)14(16(21)23-6-2)18-13(19)10-12(17)9-7-8-11(3)4/h8,12,14H,5-7,9-10H2,1-4H3,(H,18,19). The highest BCUT2D eigenvalue weighted by molar-refractivity contribution is 6.21. The lowest BCUT2D eigenvalue weighted by Crippen LogP contribution is -2.48. The first-order chi connectivity index (χ1) is 10.8. The molecule has 6 nitrogen and oxygen atoms in total. The van der Waals surface area contributed by atoms with Gasteiger partial charge in [-0.15, -0.1) is 11.6 Å². The van der Waals surface area contributed by atoms with E-state index in [1.807, 2.05) is 19.9 Å². The number of esters is 2. The zero-order chi connectivity index (χ0) is 17.8. The van der Waals surface area contributed by atoms with Crippen LogP contribution in [0.4, 0.5) is 0 Å². The van der Waals surface area contributed by atoms with Gasteiger partial charge in [0.25, 0.3) is 0 Å². The molecule has 0 bridgehead atoms. The van der Waals surface area contributed by atoms with E-state index < -0.39 is 23.9 Å². The summed E-state index contributed by atoms with van der Waals surface area (Å²) in [7, 11) is 0. The molecule has 0 radical (unpaired) electrons. The van der Waals surface area contributed by atoms with Gasteiger partial charge >= 0.3 is 11.9 Å². The van der Waals surface area contributed by atoms with E-state index in [0.29, 0.717) is 6.42 Å². The molecule has 0 aromatic rings. The average molecular weight is 348 g/mol. The summed E-state index contributed by atoms with van der Waals surface area (Å²) in [4.78, 5) is 35.5. The van der Waals surface area contributed by atoms with E-state index in [4.69, 9.17) is 21.1 Å². The minimum Gasteiger partial charge on any atom is -0.464 e. The monoisotopic (exact) mass is 347 g/mol. The summed E-state index contributed by atoms with van der Waals surface area (Å²) in [5.74, 6) is -2.17. The molecule has 1 atom stereocenters. The lowest BCUT2D eigenvalue weighted by atomic mass is 10.1. The quantitative estimate of drug-likeness (QED) is 0.284. The van der Waals surface area contributed by atoms with E-state index >= 15 is 0 Å². The van der Waals surface area contributed by atoms with Gasteiger partial charge in [-0.25, -0.2) is 9.59 Å². The lowest BCUT2D eigenvalue weighted by Gasteiger charge is -2.16. The number of carbonyl (C=O) groups is 3. The zero-order valence-electron chi connectivity index (χ0n) is 14.2. The van der Waals surface area contributed by atoms with Crippen LogP contribution in [0.15, 0.2) is 11.6 Å². The number of allylic oxidation sites excluding steroid dienone is 2. The number of rotatable bonds is 10. The molecule has 0 saturated heterocycles. The molecule has 132 valence electrons. The molecule has 0 aromatic carbocycles. The van der Waals surface area contributed by atoms with E-state index in [9.17, 15) is 14.4 Å². The maximum atomic E-state index is 12.0. The maximum Gasteiger partial charge on any atom is 0.340 e. The average Bonchev–Trinajstić information content (AvgIpc) is 2.44. The Balaban J connectivity index is 4.55. The highest BCUT2D eigenvalue weighted by Crippen LogP contribution is 2.12. The van der Waals surface area contributed by atoms with Gasteiger partial charge in [0.05, 0.1) is 13.2 Å². The number of halogens is 1. The van der Waals surface area contributed by atoms with Crippen molar-refractivity contribution in [2.45, 2.75) is 58.4 Å². The molecule has 1 unspecified atom stereocenters. The Bertz CT molecular complexity index is 414. The summed E-state index contributed by atoms with van der Waals surface area (Å²) in [5.41, 5.74) is 1.18. The van der Waals surface area contributed by atoms with Crippen molar-refractivity contribution in [1.82, 2.24) is 5.32 Å². The van der Waals surface area contributed by atoms with Crippen LogP contribution in [-0.2, 0) is 23.9 Å². The highest BCUT2D eigenvalue weighted by atomic mass is 35.5. The predicted molar refractivity (Wildman–Crippen MR) is 88.1 cm³/mol. The normalized spacial score (nSPS) is 11.6. The third kappa shape index (κ3) is 9.94. The molecule has 0 rings (SSSR count). The lowest BCUT2D eigenvalue weighted by molar-refractivity contribution is -0.159. The van der Waals surface area contributed by atoms with Gasteiger partial charge in [-0.2, -0.15) is 0 Å². The summed E-state index contributed by atoms with van der Waals surface area (Å²) in [5, 5.41) is 1.95. The first-order valence-corrected chi connectivity index (χ1v) is 8.15. The first kappa shape index (κ1) is 21.4. The van der Waals surface area contributed by atoms with Crippen molar-refractivity contribution >= 4 is 29.4 Å². The van der Waals surface area contributed by atoms with Gasteiger partial charge in [-0.05, 0) is 40.5 Å². The zero-order valence-corrected chi connectivity index (χ0v) is 14.9. The molecule has 0 saturated carbocycles. The van der Waals surface area contributed by atoms with Crippen LogP contribution in [-0.4, -0.2) is 42.5 Å². The van der Waals surface area contributed by atoms with Crippen LogP contribution in [0.3, 0.4) is 0 Å². The number of carbonyl (C=O) groups excluding carboxylic acids is 3. The van der Waals surface area contributed by atoms with Crippen LogP contribution in [0.5, 0.6) is 0 Å². The van der Waals surface area contributed by atoms with E-state index in [0.717, 1.165) is 6.42 Å². The number of alkyl halides is 1. The van der Waals surface area contributed by atoms with E-state index in [-0.39, 0.29) is 25.0 Å². The van der Waals surface area contributed by atoms with Crippen LogP contribution in [0.2, 0.25) is 0 Å². The fourth-order valence-electron chi connectivity index (χ4n) is 1.74. The van der Waals surface area contributed by atoms with Crippen molar-refractivity contribution in [3.63, 3.8) is 0 Å². The largest absolute Gasteiger partial charge is 0.464 e. The van der Waals surface area contributed by atoms with Crippen molar-refractivity contribution in [3.8, 4) is 0 Å². The number of ether oxygens (including phenoxy) is 2. The second-order valence-electron chi connectivity index (χ2n) is 5.16. The second kappa shape index (κ2) is 11.9. The molecule has 0 spiro atoms. The maximum absolute atomic E-state index is 12.0. The van der Waals surface area contributed by atoms with Crippen molar-refractivity contribution in [3.05, 3.63) is 11.6 Å². The Labute approximate surface area is 142 Å². The van der Waals surface area contributed by atoms with E-state index in [2.05, 4.69) is 5.32 Å².